The molecule has 0 spiro atoms. The summed E-state index contributed by atoms with van der Waals surface area (Å²) in [6, 6.07) is 18.4. The number of carbonyl (C=O) groups is 1. The average Bonchev–Trinajstić information content (AvgIpc) is 3.39. The summed E-state index contributed by atoms with van der Waals surface area (Å²) in [5.41, 5.74) is 4.51. The highest BCUT2D eigenvalue weighted by molar-refractivity contribution is 5.77. The van der Waals surface area contributed by atoms with Crippen molar-refractivity contribution in [1.29, 1.82) is 0 Å². The van der Waals surface area contributed by atoms with Gasteiger partial charge in [0.1, 0.15) is 0 Å². The Balaban J connectivity index is 0.000000519. The highest BCUT2D eigenvalue weighted by atomic mass is 16.1. The molecule has 1 unspecified atom stereocenters. The lowest BCUT2D eigenvalue weighted by atomic mass is 9.99. The van der Waals surface area contributed by atoms with E-state index < -0.39 is 0 Å². The summed E-state index contributed by atoms with van der Waals surface area (Å²) in [6.07, 6.45) is 10.9. The molecule has 1 fully saturated rings. The van der Waals surface area contributed by atoms with Crippen molar-refractivity contribution < 1.29 is 4.79 Å². The lowest BCUT2D eigenvalue weighted by Crippen LogP contribution is -2.07. The summed E-state index contributed by atoms with van der Waals surface area (Å²) in [5.74, 6) is 0.760. The molecule has 1 saturated heterocycles. The zero-order valence-corrected chi connectivity index (χ0v) is 20.6. The number of hydrogen-bond acceptors (Lipinski definition) is 2. The van der Waals surface area contributed by atoms with Gasteiger partial charge in [-0.1, -0.05) is 107 Å². The molecule has 3 nitrogen and oxygen atoms in total. The van der Waals surface area contributed by atoms with Crippen LogP contribution >= 0.6 is 0 Å². The van der Waals surface area contributed by atoms with Crippen LogP contribution in [0.25, 0.3) is 5.57 Å². The van der Waals surface area contributed by atoms with E-state index in [-0.39, 0.29) is 0 Å². The van der Waals surface area contributed by atoms with Crippen molar-refractivity contribution in [3.63, 3.8) is 0 Å². The second-order valence-electron chi connectivity index (χ2n) is 6.99. The van der Waals surface area contributed by atoms with Crippen LogP contribution in [0.5, 0.6) is 0 Å². The smallest absolute Gasteiger partial charge is 0.211 e. The van der Waals surface area contributed by atoms with Crippen molar-refractivity contribution in [3.05, 3.63) is 96.6 Å². The van der Waals surface area contributed by atoms with Crippen LogP contribution in [0.1, 0.15) is 64.5 Å². The predicted octanol–water partition coefficient (Wildman–Crippen LogP) is 7.61. The molecule has 174 valence electrons. The number of benzene rings is 2. The molecule has 1 heterocycles. The van der Waals surface area contributed by atoms with Crippen molar-refractivity contribution in [2.75, 3.05) is 18.4 Å². The molecule has 2 aromatic carbocycles. The van der Waals surface area contributed by atoms with Crippen molar-refractivity contribution in [2.24, 2.45) is 0 Å². The summed E-state index contributed by atoms with van der Waals surface area (Å²) >= 11 is 0. The highest BCUT2D eigenvalue weighted by Gasteiger charge is 2.15. The topological polar surface area (TPSA) is 41.1 Å². The van der Waals surface area contributed by atoms with Crippen LogP contribution in [0.2, 0.25) is 0 Å². The van der Waals surface area contributed by atoms with Crippen LogP contribution in [0.15, 0.2) is 85.5 Å². The van der Waals surface area contributed by atoms with E-state index in [9.17, 15) is 4.79 Å². The number of amides is 1. The van der Waals surface area contributed by atoms with Gasteiger partial charge < -0.3 is 10.6 Å². The zero-order valence-electron chi connectivity index (χ0n) is 20.6. The summed E-state index contributed by atoms with van der Waals surface area (Å²) < 4.78 is 0. The van der Waals surface area contributed by atoms with Gasteiger partial charge in [-0.25, -0.2) is 0 Å². The minimum absolute atomic E-state index is 0.670. The maximum absolute atomic E-state index is 10.2. The van der Waals surface area contributed by atoms with Gasteiger partial charge >= 0.3 is 0 Å². The molecule has 1 atom stereocenters. The number of allylic oxidation sites excluding steroid dienone is 5. The van der Waals surface area contributed by atoms with E-state index in [0.29, 0.717) is 6.41 Å². The summed E-state index contributed by atoms with van der Waals surface area (Å²) in [4.78, 5) is 10.2. The van der Waals surface area contributed by atoms with Crippen LogP contribution in [0.3, 0.4) is 0 Å². The first kappa shape index (κ1) is 29.1. The first-order chi connectivity index (χ1) is 15.7. The van der Waals surface area contributed by atoms with Crippen LogP contribution in [-0.4, -0.2) is 19.5 Å². The molecule has 32 heavy (non-hydrogen) atoms. The second-order valence-corrected chi connectivity index (χ2v) is 6.99. The Morgan fingerprint density at radius 2 is 1.72 bits per heavy atom. The Labute approximate surface area is 196 Å². The SMILES string of the molecule is C=C/C=C\C(=C/C)c1ccc(NC=O)cc1.CC.CCC.c1ccc(C2CCNC2)cc1. The molecule has 1 amide bonds. The monoisotopic (exact) mass is 434 g/mol. The molecule has 0 aliphatic carbocycles. The molecule has 3 heteroatoms. The van der Waals surface area contributed by atoms with E-state index in [2.05, 4.69) is 61.4 Å². The fourth-order valence-electron chi connectivity index (χ4n) is 3.02. The van der Waals surface area contributed by atoms with Crippen LogP contribution in [-0.2, 0) is 4.79 Å². The maximum Gasteiger partial charge on any atom is 0.211 e. The fourth-order valence-corrected chi connectivity index (χ4v) is 3.02. The van der Waals surface area contributed by atoms with Gasteiger partial charge in [-0.15, -0.1) is 0 Å². The van der Waals surface area contributed by atoms with Crippen molar-refractivity contribution >= 4 is 17.7 Å². The Bertz CT molecular complexity index is 771. The Morgan fingerprint density at radius 1 is 1.09 bits per heavy atom. The number of nitrogens with one attached hydrogen (secondary N) is 2. The van der Waals surface area contributed by atoms with Crippen molar-refractivity contribution in [3.8, 4) is 0 Å². The van der Waals surface area contributed by atoms with Crippen molar-refractivity contribution in [2.45, 2.75) is 53.4 Å². The molecule has 2 N–H and O–H groups in total. The van der Waals surface area contributed by atoms with E-state index in [0.717, 1.165) is 29.3 Å². The molecule has 0 saturated carbocycles. The minimum atomic E-state index is 0.670. The Kier molecular flexibility index (Phi) is 18.2. The number of hydrogen-bond donors (Lipinski definition) is 2. The molecule has 2 aromatic rings. The van der Waals surface area contributed by atoms with Crippen molar-refractivity contribution in [1.82, 2.24) is 5.32 Å². The average molecular weight is 435 g/mol. The summed E-state index contributed by atoms with van der Waals surface area (Å²) in [5, 5.41) is 5.97. The molecular formula is C29H42N2O. The van der Waals surface area contributed by atoms with Gasteiger partial charge in [0.15, 0.2) is 0 Å². The van der Waals surface area contributed by atoms with Crippen LogP contribution in [0, 0.1) is 0 Å². The molecule has 1 aliphatic heterocycles. The first-order valence-corrected chi connectivity index (χ1v) is 11.7. The largest absolute Gasteiger partial charge is 0.329 e. The van der Waals surface area contributed by atoms with E-state index in [4.69, 9.17) is 0 Å². The predicted molar refractivity (Wildman–Crippen MR) is 143 cm³/mol. The van der Waals surface area contributed by atoms with Gasteiger partial charge in [0.05, 0.1) is 0 Å². The molecular weight excluding hydrogens is 392 g/mol. The third-order valence-corrected chi connectivity index (χ3v) is 4.50. The summed E-state index contributed by atoms with van der Waals surface area (Å²) in [6.45, 7) is 16.2. The molecule has 0 radical (unpaired) electrons. The third-order valence-electron chi connectivity index (χ3n) is 4.50. The van der Waals surface area contributed by atoms with Gasteiger partial charge in [0.2, 0.25) is 6.41 Å². The van der Waals surface area contributed by atoms with E-state index >= 15 is 0 Å². The standard InChI is InChI=1S/C14H15NO.C10H13N.C3H8.C2H6/c1-3-5-6-12(4-2)13-7-9-14(10-8-13)15-11-16;1-2-4-9(5-3-1)10-6-7-11-8-10;1-3-2;1-2/h3-11H,1H2,2H3,(H,15,16);1-5,10-11H,6-8H2;3H2,1-2H3;1-2H3/b6-5-,12-4+;;;. The van der Waals surface area contributed by atoms with Crippen LogP contribution < -0.4 is 10.6 Å². The molecule has 0 bridgehead atoms. The summed E-state index contributed by atoms with van der Waals surface area (Å²) in [7, 11) is 0. The lowest BCUT2D eigenvalue weighted by Gasteiger charge is -2.06. The number of carbonyl (C=O) groups excluding carboxylic acids is 1. The minimum Gasteiger partial charge on any atom is -0.329 e. The van der Waals surface area contributed by atoms with Gasteiger partial charge in [-0.05, 0) is 54.6 Å². The van der Waals surface area contributed by atoms with Gasteiger partial charge in [-0.3, -0.25) is 4.79 Å². The Hall–Kier alpha value is -2.91. The number of rotatable bonds is 6. The molecule has 1 aliphatic rings. The van der Waals surface area contributed by atoms with E-state index in [1.165, 1.54) is 24.9 Å². The Morgan fingerprint density at radius 3 is 2.19 bits per heavy atom. The van der Waals surface area contributed by atoms with E-state index in [1.807, 2.05) is 63.3 Å². The second kappa shape index (κ2) is 20.0. The van der Waals surface area contributed by atoms with Gasteiger partial charge in [-0.2, -0.15) is 0 Å². The third kappa shape index (κ3) is 12.1. The lowest BCUT2D eigenvalue weighted by molar-refractivity contribution is -0.105. The van der Waals surface area contributed by atoms with E-state index in [1.54, 1.807) is 6.08 Å². The van der Waals surface area contributed by atoms with Gasteiger partial charge in [0.25, 0.3) is 0 Å². The van der Waals surface area contributed by atoms with Gasteiger partial charge in [0, 0.05) is 12.2 Å². The molecule has 0 aromatic heterocycles. The molecule has 3 rings (SSSR count). The fraction of sp³-hybridized carbons (Fsp3) is 0.345. The number of anilines is 1. The normalized spacial score (nSPS) is 14.7. The quantitative estimate of drug-likeness (QED) is 0.363. The highest BCUT2D eigenvalue weighted by Crippen LogP contribution is 2.21. The first-order valence-electron chi connectivity index (χ1n) is 11.7. The maximum atomic E-state index is 10.2. The zero-order chi connectivity index (χ0) is 24.0. The van der Waals surface area contributed by atoms with Crippen LogP contribution in [0.4, 0.5) is 5.69 Å².